The molecule has 0 atom stereocenters. The minimum absolute atomic E-state index is 0.864. The molecule has 1 aromatic carbocycles. The summed E-state index contributed by atoms with van der Waals surface area (Å²) in [6, 6.07) is 7.65. The van der Waals surface area contributed by atoms with E-state index in [1.165, 1.54) is 31.8 Å². The number of aryl methyl sites for hydroxylation is 1. The topological polar surface area (TPSA) is 9.23 Å². The summed E-state index contributed by atoms with van der Waals surface area (Å²) >= 11 is 2.32. The van der Waals surface area contributed by atoms with Crippen LogP contribution in [0.2, 0.25) is 6.04 Å². The monoisotopic (exact) mass is 306 g/mol. The van der Waals surface area contributed by atoms with Crippen molar-refractivity contribution in [2.75, 3.05) is 6.61 Å². The zero-order valence-corrected chi connectivity index (χ0v) is 12.3. The summed E-state index contributed by atoms with van der Waals surface area (Å²) in [7, 11) is 1.28. The van der Waals surface area contributed by atoms with Gasteiger partial charge in [0, 0.05) is 13.8 Å². The summed E-state index contributed by atoms with van der Waals surface area (Å²) in [4.78, 5) is 0. The van der Waals surface area contributed by atoms with Crippen molar-refractivity contribution in [2.45, 2.75) is 19.4 Å². The first kappa shape index (κ1) is 11.0. The van der Waals surface area contributed by atoms with E-state index in [-0.39, 0.29) is 0 Å². The minimum Gasteiger partial charge on any atom is -0.494 e. The van der Waals surface area contributed by atoms with Gasteiger partial charge in [-0.2, -0.15) is 0 Å². The van der Waals surface area contributed by atoms with Crippen molar-refractivity contribution in [3.63, 3.8) is 0 Å². The lowest BCUT2D eigenvalue weighted by molar-refractivity contribution is 0.317. The van der Waals surface area contributed by atoms with E-state index in [2.05, 4.69) is 47.7 Å². The summed E-state index contributed by atoms with van der Waals surface area (Å²) < 4.78 is 6.87. The van der Waals surface area contributed by atoms with Gasteiger partial charge in [-0.05, 0) is 59.7 Å². The van der Waals surface area contributed by atoms with Gasteiger partial charge < -0.3 is 4.74 Å². The van der Waals surface area contributed by atoms with E-state index in [0.29, 0.717) is 0 Å². The van der Waals surface area contributed by atoms with Crippen LogP contribution in [0.4, 0.5) is 0 Å². The zero-order valence-electron chi connectivity index (χ0n) is 8.14. The van der Waals surface area contributed by atoms with E-state index in [1.54, 1.807) is 0 Å². The Balaban J connectivity index is 2.56. The van der Waals surface area contributed by atoms with Crippen molar-refractivity contribution in [3.8, 4) is 5.75 Å². The summed E-state index contributed by atoms with van der Waals surface area (Å²) in [5, 5.41) is 0. The molecule has 0 spiro atoms. The summed E-state index contributed by atoms with van der Waals surface area (Å²) in [5.41, 5.74) is 1.27. The molecular weight excluding hydrogens is 291 g/mol. The standard InChI is InChI=1S/C10H15IOSi/c1-8-5-9(11)7-10(6-8)12-3-2-4-13/h5-7H,2-4H2,1,13H3. The molecule has 0 aliphatic rings. The number of benzene rings is 1. The predicted molar refractivity (Wildman–Crippen MR) is 68.8 cm³/mol. The third kappa shape index (κ3) is 4.13. The van der Waals surface area contributed by atoms with Gasteiger partial charge in [0.2, 0.25) is 0 Å². The average Bonchev–Trinajstić information content (AvgIpc) is 2.03. The van der Waals surface area contributed by atoms with Gasteiger partial charge in [-0.15, -0.1) is 0 Å². The molecule has 72 valence electrons. The van der Waals surface area contributed by atoms with Crippen molar-refractivity contribution < 1.29 is 4.74 Å². The normalized spacial score (nSPS) is 10.3. The van der Waals surface area contributed by atoms with Crippen molar-refractivity contribution in [3.05, 3.63) is 27.3 Å². The first-order valence-electron chi connectivity index (χ1n) is 4.62. The Hall–Kier alpha value is -0.0331. The van der Waals surface area contributed by atoms with Gasteiger partial charge in [-0.25, -0.2) is 0 Å². The van der Waals surface area contributed by atoms with Crippen LogP contribution < -0.4 is 4.74 Å². The van der Waals surface area contributed by atoms with Crippen LogP contribution in [-0.4, -0.2) is 16.8 Å². The van der Waals surface area contributed by atoms with Crippen LogP contribution in [0, 0.1) is 10.5 Å². The SMILES string of the molecule is Cc1cc(I)cc(OCCC[SiH3])c1. The van der Waals surface area contributed by atoms with Crippen molar-refractivity contribution >= 4 is 32.8 Å². The van der Waals surface area contributed by atoms with Crippen LogP contribution in [-0.2, 0) is 0 Å². The highest BCUT2D eigenvalue weighted by Gasteiger charge is 1.96. The van der Waals surface area contributed by atoms with Gasteiger partial charge in [0.25, 0.3) is 0 Å². The van der Waals surface area contributed by atoms with E-state index in [4.69, 9.17) is 4.74 Å². The first-order chi connectivity index (χ1) is 6.22. The number of halogens is 1. The quantitative estimate of drug-likeness (QED) is 0.470. The van der Waals surface area contributed by atoms with Crippen LogP contribution in [0.1, 0.15) is 12.0 Å². The zero-order chi connectivity index (χ0) is 9.68. The van der Waals surface area contributed by atoms with E-state index in [1.807, 2.05) is 0 Å². The van der Waals surface area contributed by atoms with Crippen molar-refractivity contribution in [1.82, 2.24) is 0 Å². The molecule has 1 aromatic rings. The molecule has 0 saturated carbocycles. The lowest BCUT2D eigenvalue weighted by Crippen LogP contribution is -1.97. The van der Waals surface area contributed by atoms with Crippen LogP contribution in [0.25, 0.3) is 0 Å². The second kappa shape index (κ2) is 5.65. The van der Waals surface area contributed by atoms with Gasteiger partial charge >= 0.3 is 0 Å². The van der Waals surface area contributed by atoms with E-state index < -0.39 is 0 Å². The maximum atomic E-state index is 5.63. The summed E-state index contributed by atoms with van der Waals surface area (Å²) in [5.74, 6) is 1.01. The van der Waals surface area contributed by atoms with E-state index in [0.717, 1.165) is 12.4 Å². The Morgan fingerprint density at radius 2 is 2.15 bits per heavy atom. The van der Waals surface area contributed by atoms with Crippen molar-refractivity contribution in [2.24, 2.45) is 0 Å². The number of rotatable bonds is 4. The second-order valence-corrected chi connectivity index (χ2v) is 5.41. The first-order valence-corrected chi connectivity index (χ1v) is 7.11. The molecule has 0 aliphatic carbocycles. The third-order valence-corrected chi connectivity index (χ3v) is 3.11. The third-order valence-electron chi connectivity index (χ3n) is 1.78. The van der Waals surface area contributed by atoms with Gasteiger partial charge in [0.05, 0.1) is 6.61 Å². The van der Waals surface area contributed by atoms with Crippen LogP contribution in [0.3, 0.4) is 0 Å². The Labute approximate surface area is 96.4 Å². The molecule has 0 N–H and O–H groups in total. The Morgan fingerprint density at radius 1 is 1.38 bits per heavy atom. The molecule has 0 aromatic heterocycles. The fourth-order valence-corrected chi connectivity index (χ4v) is 2.21. The molecule has 1 nitrogen and oxygen atoms in total. The molecule has 0 fully saturated rings. The van der Waals surface area contributed by atoms with Gasteiger partial charge in [-0.3, -0.25) is 0 Å². The van der Waals surface area contributed by atoms with E-state index in [9.17, 15) is 0 Å². The predicted octanol–water partition coefficient (Wildman–Crippen LogP) is 2.15. The van der Waals surface area contributed by atoms with Crippen molar-refractivity contribution in [1.29, 1.82) is 0 Å². The highest BCUT2D eigenvalue weighted by molar-refractivity contribution is 14.1. The second-order valence-electron chi connectivity index (χ2n) is 3.17. The molecule has 0 unspecified atom stereocenters. The fraction of sp³-hybridized carbons (Fsp3) is 0.400. The largest absolute Gasteiger partial charge is 0.494 e. The Bertz CT molecular complexity index is 255. The summed E-state index contributed by atoms with van der Waals surface area (Å²) in [6.07, 6.45) is 1.19. The van der Waals surface area contributed by atoms with Gasteiger partial charge in [0.15, 0.2) is 0 Å². The number of ether oxygens (including phenoxy) is 1. The van der Waals surface area contributed by atoms with Crippen LogP contribution in [0.5, 0.6) is 5.75 Å². The Morgan fingerprint density at radius 3 is 2.77 bits per heavy atom. The maximum Gasteiger partial charge on any atom is 0.120 e. The Kier molecular flexibility index (Phi) is 4.80. The highest BCUT2D eigenvalue weighted by Crippen LogP contribution is 2.18. The molecule has 0 heterocycles. The number of hydrogen-bond acceptors (Lipinski definition) is 1. The van der Waals surface area contributed by atoms with E-state index >= 15 is 0 Å². The fourth-order valence-electron chi connectivity index (χ4n) is 1.12. The van der Waals surface area contributed by atoms with Crippen LogP contribution >= 0.6 is 22.6 Å². The molecule has 0 aliphatic heterocycles. The number of hydrogen-bond donors (Lipinski definition) is 0. The average molecular weight is 306 g/mol. The smallest absolute Gasteiger partial charge is 0.120 e. The molecule has 0 amide bonds. The molecule has 1 rings (SSSR count). The maximum absolute atomic E-state index is 5.63. The molecule has 0 saturated heterocycles. The lowest BCUT2D eigenvalue weighted by atomic mass is 10.2. The minimum atomic E-state index is 0.864. The lowest BCUT2D eigenvalue weighted by Gasteiger charge is -2.06. The van der Waals surface area contributed by atoms with Gasteiger partial charge in [0.1, 0.15) is 5.75 Å². The van der Waals surface area contributed by atoms with Gasteiger partial charge in [-0.1, -0.05) is 6.04 Å². The molecule has 0 bridgehead atoms. The highest BCUT2D eigenvalue weighted by atomic mass is 127. The molecule has 13 heavy (non-hydrogen) atoms. The summed E-state index contributed by atoms with van der Waals surface area (Å²) in [6.45, 7) is 2.96. The van der Waals surface area contributed by atoms with Crippen LogP contribution in [0.15, 0.2) is 18.2 Å². The molecule has 0 radical (unpaired) electrons. The molecule has 3 heteroatoms. The molecular formula is C10H15IOSi.